The maximum Gasteiger partial charge on any atom is 0.355 e. The summed E-state index contributed by atoms with van der Waals surface area (Å²) in [6.07, 6.45) is 3.66. The number of esters is 2. The molecule has 2 aromatic carbocycles. The molecule has 2 N–H and O–H groups in total. The van der Waals surface area contributed by atoms with E-state index in [2.05, 4.69) is 6.07 Å². The Kier molecular flexibility index (Phi) is 5.95. The number of ether oxygens (including phenoxy) is 2. The first-order valence-corrected chi connectivity index (χ1v) is 10.8. The van der Waals surface area contributed by atoms with Crippen LogP contribution in [0.15, 0.2) is 71.2 Å². The van der Waals surface area contributed by atoms with E-state index in [0.29, 0.717) is 16.7 Å². The number of carbonyl (C=O) groups excluding carboxylic acids is 2. The molecule has 0 fully saturated rings. The lowest BCUT2D eigenvalue weighted by molar-refractivity contribution is -0.139. The van der Waals surface area contributed by atoms with E-state index in [1.54, 1.807) is 42.5 Å². The van der Waals surface area contributed by atoms with Gasteiger partial charge in [0.25, 0.3) is 0 Å². The first kappa shape index (κ1) is 23.8. The first-order valence-electron chi connectivity index (χ1n) is 10.8. The Balaban J connectivity index is 2.06. The van der Waals surface area contributed by atoms with Crippen LogP contribution in [0.3, 0.4) is 0 Å². The van der Waals surface area contributed by atoms with Crippen LogP contribution in [0.25, 0.3) is 6.08 Å². The number of fused-ring (bicyclic) bond motifs is 1. The van der Waals surface area contributed by atoms with Gasteiger partial charge >= 0.3 is 11.9 Å². The van der Waals surface area contributed by atoms with Gasteiger partial charge < -0.3 is 15.2 Å². The van der Waals surface area contributed by atoms with Crippen LogP contribution in [0.5, 0.6) is 0 Å². The second kappa shape index (κ2) is 8.76. The van der Waals surface area contributed by atoms with Crippen LogP contribution in [-0.2, 0) is 24.5 Å². The molecule has 0 aromatic heterocycles. The van der Waals surface area contributed by atoms with Crippen LogP contribution in [-0.4, -0.2) is 26.2 Å². The van der Waals surface area contributed by atoms with Crippen LogP contribution in [0, 0.1) is 17.1 Å². The lowest BCUT2D eigenvalue weighted by Crippen LogP contribution is -2.40. The molecule has 0 bridgehead atoms. The van der Waals surface area contributed by atoms with E-state index < -0.39 is 29.1 Å². The summed E-state index contributed by atoms with van der Waals surface area (Å²) in [6.45, 7) is 3.78. The van der Waals surface area contributed by atoms with Gasteiger partial charge in [0.05, 0.1) is 43.0 Å². The average Bonchev–Trinajstić information content (AvgIpc) is 3.17. The third kappa shape index (κ3) is 3.75. The van der Waals surface area contributed by atoms with Crippen LogP contribution < -0.4 is 10.6 Å². The fraction of sp³-hybridized carbons (Fsp3) is 0.222. The number of rotatable bonds is 4. The van der Waals surface area contributed by atoms with E-state index >= 15 is 4.39 Å². The normalized spacial score (nSPS) is 18.3. The highest BCUT2D eigenvalue weighted by Gasteiger charge is 2.43. The molecule has 1 unspecified atom stereocenters. The zero-order valence-electron chi connectivity index (χ0n) is 19.8. The number of benzene rings is 2. The fourth-order valence-corrected chi connectivity index (χ4v) is 4.72. The Labute approximate surface area is 202 Å². The number of halogens is 1. The molecule has 178 valence electrons. The van der Waals surface area contributed by atoms with Crippen LogP contribution in [0.4, 0.5) is 10.1 Å². The summed E-state index contributed by atoms with van der Waals surface area (Å²) in [4.78, 5) is 27.4. The van der Waals surface area contributed by atoms with Crippen molar-refractivity contribution in [1.29, 1.82) is 5.26 Å². The summed E-state index contributed by atoms with van der Waals surface area (Å²) in [5.41, 5.74) is 7.42. The van der Waals surface area contributed by atoms with Gasteiger partial charge in [-0.25, -0.2) is 14.0 Å². The van der Waals surface area contributed by atoms with Crippen molar-refractivity contribution in [3.8, 4) is 6.07 Å². The van der Waals surface area contributed by atoms with Crippen molar-refractivity contribution in [3.05, 3.63) is 93.7 Å². The molecule has 0 radical (unpaired) electrons. The Hall–Kier alpha value is -4.38. The van der Waals surface area contributed by atoms with E-state index in [-0.39, 0.29) is 28.4 Å². The number of anilines is 1. The third-order valence-corrected chi connectivity index (χ3v) is 6.30. The van der Waals surface area contributed by atoms with E-state index in [0.717, 1.165) is 7.11 Å². The van der Waals surface area contributed by atoms with Crippen molar-refractivity contribution < 1.29 is 23.5 Å². The molecule has 0 amide bonds. The topological polar surface area (TPSA) is 106 Å². The molecule has 1 aliphatic carbocycles. The fourth-order valence-electron chi connectivity index (χ4n) is 4.72. The molecule has 7 nitrogen and oxygen atoms in total. The number of nitriles is 1. The third-order valence-electron chi connectivity index (χ3n) is 6.30. The zero-order chi connectivity index (χ0) is 25.5. The van der Waals surface area contributed by atoms with Gasteiger partial charge in [0.15, 0.2) is 0 Å². The number of nitrogens with zero attached hydrogens (tertiary/aromatic N) is 2. The maximum absolute atomic E-state index is 15.4. The number of methoxy groups -OCH3 is 2. The Morgan fingerprint density at radius 2 is 1.77 bits per heavy atom. The predicted octanol–water partition coefficient (Wildman–Crippen LogP) is 4.03. The molecule has 4 rings (SSSR count). The Morgan fingerprint density at radius 3 is 2.37 bits per heavy atom. The SMILES string of the molecule is COC(=O)C1=C(C(=O)OC)N(c2cc(F)c3c(c2)C=CC3(C)C)C(N)=C(C#N)C1c1ccccc1. The number of carbonyl (C=O) groups is 2. The highest BCUT2D eigenvalue weighted by Crippen LogP contribution is 2.45. The standard InChI is InChI=1S/C27H24FN3O4/c1-27(2)11-10-16-12-17(13-19(28)22(16)27)31-23(26(33)35-4)21(25(32)34-3)20(18(14-29)24(31)30)15-8-6-5-7-9-15/h5-13,20H,30H2,1-4H3. The van der Waals surface area contributed by atoms with Crippen molar-refractivity contribution in [2.24, 2.45) is 5.73 Å². The minimum atomic E-state index is -0.989. The maximum atomic E-state index is 15.4. The molecule has 0 saturated heterocycles. The number of hydrogen-bond donors (Lipinski definition) is 1. The van der Waals surface area contributed by atoms with Gasteiger partial charge in [0.2, 0.25) is 0 Å². The second-order valence-corrected chi connectivity index (χ2v) is 8.78. The van der Waals surface area contributed by atoms with Gasteiger partial charge in [-0.2, -0.15) is 5.26 Å². The van der Waals surface area contributed by atoms with Crippen molar-refractivity contribution in [3.63, 3.8) is 0 Å². The van der Waals surface area contributed by atoms with Gasteiger partial charge in [0.1, 0.15) is 17.3 Å². The van der Waals surface area contributed by atoms with Crippen LogP contribution >= 0.6 is 0 Å². The van der Waals surface area contributed by atoms with E-state index in [9.17, 15) is 14.9 Å². The minimum Gasteiger partial charge on any atom is -0.466 e. The molecule has 1 heterocycles. The summed E-state index contributed by atoms with van der Waals surface area (Å²) in [6, 6.07) is 13.7. The summed E-state index contributed by atoms with van der Waals surface area (Å²) < 4.78 is 25.4. The summed E-state index contributed by atoms with van der Waals surface area (Å²) in [5, 5.41) is 10.1. The largest absolute Gasteiger partial charge is 0.466 e. The van der Waals surface area contributed by atoms with Gasteiger partial charge in [-0.1, -0.05) is 56.3 Å². The molecular formula is C27H24FN3O4. The molecule has 0 spiro atoms. The van der Waals surface area contributed by atoms with Crippen molar-refractivity contribution in [2.75, 3.05) is 19.1 Å². The Morgan fingerprint density at radius 1 is 1.11 bits per heavy atom. The van der Waals surface area contributed by atoms with Gasteiger partial charge in [-0.15, -0.1) is 0 Å². The minimum absolute atomic E-state index is 0.0148. The number of hydrogen-bond acceptors (Lipinski definition) is 7. The number of nitrogens with two attached hydrogens (primary N) is 1. The molecule has 35 heavy (non-hydrogen) atoms. The monoisotopic (exact) mass is 473 g/mol. The molecular weight excluding hydrogens is 449 g/mol. The molecule has 1 aliphatic heterocycles. The van der Waals surface area contributed by atoms with Gasteiger partial charge in [-0.05, 0) is 23.3 Å². The lowest BCUT2D eigenvalue weighted by Gasteiger charge is -2.36. The Bertz CT molecular complexity index is 1370. The molecule has 2 aromatic rings. The molecule has 8 heteroatoms. The van der Waals surface area contributed by atoms with E-state index in [4.69, 9.17) is 15.2 Å². The van der Waals surface area contributed by atoms with Gasteiger partial charge in [0, 0.05) is 11.0 Å². The second-order valence-electron chi connectivity index (χ2n) is 8.78. The lowest BCUT2D eigenvalue weighted by atomic mass is 9.80. The zero-order valence-corrected chi connectivity index (χ0v) is 19.8. The van der Waals surface area contributed by atoms with Crippen molar-refractivity contribution in [2.45, 2.75) is 25.2 Å². The van der Waals surface area contributed by atoms with Crippen LogP contribution in [0.1, 0.15) is 36.5 Å². The summed E-state index contributed by atoms with van der Waals surface area (Å²) >= 11 is 0. The van der Waals surface area contributed by atoms with Crippen molar-refractivity contribution in [1.82, 2.24) is 0 Å². The summed E-state index contributed by atoms with van der Waals surface area (Å²) in [7, 11) is 2.33. The number of allylic oxidation sites excluding steroid dienone is 2. The van der Waals surface area contributed by atoms with Crippen molar-refractivity contribution >= 4 is 23.7 Å². The average molecular weight is 474 g/mol. The van der Waals surface area contributed by atoms with Crippen LogP contribution in [0.2, 0.25) is 0 Å². The summed E-state index contributed by atoms with van der Waals surface area (Å²) in [5.74, 6) is -3.34. The smallest absolute Gasteiger partial charge is 0.355 e. The van der Waals surface area contributed by atoms with Gasteiger partial charge in [-0.3, -0.25) is 4.90 Å². The molecule has 2 aliphatic rings. The highest BCUT2D eigenvalue weighted by molar-refractivity contribution is 6.06. The highest BCUT2D eigenvalue weighted by atomic mass is 19.1. The van der Waals surface area contributed by atoms with E-state index in [1.807, 2.05) is 19.9 Å². The predicted molar refractivity (Wildman–Crippen MR) is 128 cm³/mol. The van der Waals surface area contributed by atoms with E-state index in [1.165, 1.54) is 18.1 Å². The quantitative estimate of drug-likeness (QED) is 0.669. The molecule has 1 atom stereocenters. The first-order chi connectivity index (χ1) is 16.7. The molecule has 0 saturated carbocycles.